The maximum atomic E-state index is 9.83. The molecule has 0 aromatic heterocycles. The molecule has 0 aromatic carbocycles. The van der Waals surface area contributed by atoms with Crippen molar-refractivity contribution in [3.05, 3.63) is 12.2 Å². The number of hydrogen-bond acceptors (Lipinski definition) is 5. The van der Waals surface area contributed by atoms with E-state index in [1.807, 2.05) is 0 Å². The van der Waals surface area contributed by atoms with Gasteiger partial charge in [-0.2, -0.15) is 0 Å². The third kappa shape index (κ3) is 5.58. The second kappa shape index (κ2) is 9.44. The fraction of sp³-hybridized carbons (Fsp3) is 0.857. The lowest BCUT2D eigenvalue weighted by Crippen LogP contribution is -2.55. The van der Waals surface area contributed by atoms with Crippen molar-refractivity contribution in [1.82, 2.24) is 0 Å². The summed E-state index contributed by atoms with van der Waals surface area (Å²) in [5.74, 6) is 0. The maximum Gasteiger partial charge on any atom is 0.114 e. The van der Waals surface area contributed by atoms with Crippen LogP contribution in [0.15, 0.2) is 12.2 Å². The van der Waals surface area contributed by atoms with Gasteiger partial charge in [0.25, 0.3) is 0 Å². The highest BCUT2D eigenvalue weighted by molar-refractivity contribution is 4.87. The largest absolute Gasteiger partial charge is 0.394 e. The van der Waals surface area contributed by atoms with E-state index in [0.29, 0.717) is 6.61 Å². The average molecular weight is 274 g/mol. The number of allylic oxidation sites excluding steroid dienone is 2. The van der Waals surface area contributed by atoms with Crippen LogP contribution in [0.5, 0.6) is 0 Å². The van der Waals surface area contributed by atoms with E-state index in [9.17, 15) is 10.2 Å². The van der Waals surface area contributed by atoms with Crippen LogP contribution in [0.3, 0.4) is 0 Å². The van der Waals surface area contributed by atoms with Crippen molar-refractivity contribution in [2.45, 2.75) is 57.0 Å². The molecule has 0 amide bonds. The Labute approximate surface area is 114 Å². The Hall–Kier alpha value is -0.460. The zero-order valence-corrected chi connectivity index (χ0v) is 11.6. The number of unbranched alkanes of at least 4 members (excludes halogenated alkanes) is 2. The van der Waals surface area contributed by atoms with Gasteiger partial charge in [0, 0.05) is 6.61 Å². The summed E-state index contributed by atoms with van der Waals surface area (Å²) in [7, 11) is 0. The molecule has 0 radical (unpaired) electrons. The van der Waals surface area contributed by atoms with Crippen LogP contribution in [0, 0.1) is 0 Å². The predicted molar refractivity (Wildman–Crippen MR) is 71.9 cm³/mol. The molecular formula is C14H26O5. The van der Waals surface area contributed by atoms with Crippen molar-refractivity contribution >= 4 is 0 Å². The Balaban J connectivity index is 2.23. The quantitative estimate of drug-likeness (QED) is 0.447. The van der Waals surface area contributed by atoms with Gasteiger partial charge in [-0.05, 0) is 25.7 Å². The van der Waals surface area contributed by atoms with Crippen molar-refractivity contribution in [2.24, 2.45) is 0 Å². The molecule has 0 aliphatic carbocycles. The number of rotatable bonds is 8. The van der Waals surface area contributed by atoms with Crippen molar-refractivity contribution < 1.29 is 24.8 Å². The predicted octanol–water partition coefficient (Wildman–Crippen LogP) is 0.621. The number of hydrogen-bond donors (Lipinski definition) is 3. The molecule has 1 aliphatic rings. The van der Waals surface area contributed by atoms with Gasteiger partial charge in [-0.3, -0.25) is 0 Å². The van der Waals surface area contributed by atoms with Crippen LogP contribution in [-0.2, 0) is 9.47 Å². The molecule has 112 valence electrons. The SMILES string of the molecule is CC/C=C/CCCCO[C@H]1[C@H](O)[C@@H](O)CO[C@@H]1CO. The minimum Gasteiger partial charge on any atom is -0.394 e. The van der Waals surface area contributed by atoms with E-state index >= 15 is 0 Å². The molecule has 0 bridgehead atoms. The van der Waals surface area contributed by atoms with E-state index in [1.54, 1.807) is 0 Å². The Kier molecular flexibility index (Phi) is 8.25. The van der Waals surface area contributed by atoms with E-state index in [2.05, 4.69) is 19.1 Å². The van der Waals surface area contributed by atoms with E-state index in [-0.39, 0.29) is 13.2 Å². The van der Waals surface area contributed by atoms with Crippen LogP contribution in [-0.4, -0.2) is 59.6 Å². The minimum absolute atomic E-state index is 0.0358. The lowest BCUT2D eigenvalue weighted by molar-refractivity contribution is -0.211. The lowest BCUT2D eigenvalue weighted by atomic mass is 10.0. The summed E-state index contributed by atoms with van der Waals surface area (Å²) >= 11 is 0. The third-order valence-corrected chi connectivity index (χ3v) is 3.24. The monoisotopic (exact) mass is 274 g/mol. The first-order valence-corrected chi connectivity index (χ1v) is 7.05. The standard InChI is InChI=1S/C14H26O5/c1-2-3-4-5-6-7-8-18-14-12(9-15)19-10-11(16)13(14)17/h3-4,11-17H,2,5-10H2,1H3/b4-3+/t11-,12+,13+,14+/m0/s1. The van der Waals surface area contributed by atoms with Gasteiger partial charge in [-0.15, -0.1) is 0 Å². The number of aliphatic hydroxyl groups is 3. The molecule has 4 atom stereocenters. The van der Waals surface area contributed by atoms with Gasteiger partial charge in [0.15, 0.2) is 0 Å². The molecule has 0 aromatic rings. The van der Waals surface area contributed by atoms with E-state index in [0.717, 1.165) is 25.7 Å². The summed E-state index contributed by atoms with van der Waals surface area (Å²) in [6, 6.07) is 0. The second-order valence-corrected chi connectivity index (χ2v) is 4.82. The van der Waals surface area contributed by atoms with Gasteiger partial charge in [0.05, 0.1) is 13.2 Å². The third-order valence-electron chi connectivity index (χ3n) is 3.24. The van der Waals surface area contributed by atoms with Crippen LogP contribution < -0.4 is 0 Å². The molecule has 1 saturated heterocycles. The van der Waals surface area contributed by atoms with Gasteiger partial charge >= 0.3 is 0 Å². The Bertz CT molecular complexity index is 254. The molecule has 0 unspecified atom stereocenters. The summed E-state index contributed by atoms with van der Waals surface area (Å²) in [6.45, 7) is 2.42. The number of ether oxygens (including phenoxy) is 2. The molecule has 5 nitrogen and oxygen atoms in total. The second-order valence-electron chi connectivity index (χ2n) is 4.82. The molecule has 0 spiro atoms. The molecular weight excluding hydrogens is 248 g/mol. The van der Waals surface area contributed by atoms with Crippen LogP contribution in [0.2, 0.25) is 0 Å². The molecule has 3 N–H and O–H groups in total. The molecule has 1 heterocycles. The van der Waals surface area contributed by atoms with Crippen molar-refractivity contribution in [1.29, 1.82) is 0 Å². The fourth-order valence-electron chi connectivity index (χ4n) is 2.09. The summed E-state index contributed by atoms with van der Waals surface area (Å²) in [4.78, 5) is 0. The topological polar surface area (TPSA) is 79.2 Å². The Morgan fingerprint density at radius 3 is 2.74 bits per heavy atom. The average Bonchev–Trinajstić information content (AvgIpc) is 2.42. The minimum atomic E-state index is -0.995. The Morgan fingerprint density at radius 2 is 2.05 bits per heavy atom. The first kappa shape index (κ1) is 16.6. The van der Waals surface area contributed by atoms with Crippen molar-refractivity contribution in [2.75, 3.05) is 19.8 Å². The van der Waals surface area contributed by atoms with Crippen molar-refractivity contribution in [3.8, 4) is 0 Å². The fourth-order valence-corrected chi connectivity index (χ4v) is 2.09. The molecule has 0 saturated carbocycles. The maximum absolute atomic E-state index is 9.83. The molecule has 5 heteroatoms. The van der Waals surface area contributed by atoms with Gasteiger partial charge in [-0.1, -0.05) is 19.1 Å². The highest BCUT2D eigenvalue weighted by Gasteiger charge is 2.39. The van der Waals surface area contributed by atoms with E-state index in [4.69, 9.17) is 14.6 Å². The van der Waals surface area contributed by atoms with Gasteiger partial charge in [0.2, 0.25) is 0 Å². The van der Waals surface area contributed by atoms with Gasteiger partial charge in [-0.25, -0.2) is 0 Å². The van der Waals surface area contributed by atoms with Gasteiger partial charge < -0.3 is 24.8 Å². The summed E-state index contributed by atoms with van der Waals surface area (Å²) in [6.07, 6.45) is 5.12. The van der Waals surface area contributed by atoms with Crippen molar-refractivity contribution in [3.63, 3.8) is 0 Å². The molecule has 1 rings (SSSR count). The van der Waals surface area contributed by atoms with Gasteiger partial charge in [0.1, 0.15) is 24.4 Å². The lowest BCUT2D eigenvalue weighted by Gasteiger charge is -2.37. The number of aliphatic hydroxyl groups excluding tert-OH is 3. The Morgan fingerprint density at radius 1 is 1.26 bits per heavy atom. The van der Waals surface area contributed by atoms with E-state index in [1.165, 1.54) is 0 Å². The first-order chi connectivity index (χ1) is 9.20. The van der Waals surface area contributed by atoms with Crippen LogP contribution in [0.1, 0.15) is 32.6 Å². The van der Waals surface area contributed by atoms with Crippen LogP contribution in [0.4, 0.5) is 0 Å². The first-order valence-electron chi connectivity index (χ1n) is 7.05. The zero-order chi connectivity index (χ0) is 14.1. The zero-order valence-electron chi connectivity index (χ0n) is 11.6. The summed E-state index contributed by atoms with van der Waals surface area (Å²) < 4.78 is 10.8. The van der Waals surface area contributed by atoms with Crippen LogP contribution >= 0.6 is 0 Å². The highest BCUT2D eigenvalue weighted by atomic mass is 16.6. The molecule has 19 heavy (non-hydrogen) atoms. The smallest absolute Gasteiger partial charge is 0.114 e. The van der Waals surface area contributed by atoms with E-state index < -0.39 is 24.4 Å². The molecule has 1 fully saturated rings. The normalized spacial score (nSPS) is 32.0. The molecule has 1 aliphatic heterocycles. The van der Waals surface area contributed by atoms with Crippen LogP contribution in [0.25, 0.3) is 0 Å². The highest BCUT2D eigenvalue weighted by Crippen LogP contribution is 2.19. The summed E-state index contributed by atoms with van der Waals surface area (Å²) in [5.41, 5.74) is 0. The summed E-state index contributed by atoms with van der Waals surface area (Å²) in [5, 5.41) is 28.5.